The number of carbonyl (C=O) groups excluding carboxylic acids is 1. The van der Waals surface area contributed by atoms with Crippen LogP contribution in [0.25, 0.3) is 11.3 Å². The van der Waals surface area contributed by atoms with E-state index in [1.165, 1.54) is 6.07 Å². The van der Waals surface area contributed by atoms with Crippen LogP contribution in [0.2, 0.25) is 0 Å². The summed E-state index contributed by atoms with van der Waals surface area (Å²) >= 11 is 0. The van der Waals surface area contributed by atoms with Crippen molar-refractivity contribution in [1.82, 2.24) is 9.97 Å². The minimum absolute atomic E-state index is 0.148. The summed E-state index contributed by atoms with van der Waals surface area (Å²) in [5.41, 5.74) is 1.70. The third kappa shape index (κ3) is 2.35. The van der Waals surface area contributed by atoms with Gasteiger partial charge in [-0.1, -0.05) is 30.3 Å². The number of nitrogens with zero attached hydrogens (tertiary/aromatic N) is 3. The molecule has 1 aromatic carbocycles. The van der Waals surface area contributed by atoms with Gasteiger partial charge in [0.05, 0.1) is 11.6 Å². The summed E-state index contributed by atoms with van der Waals surface area (Å²) in [6.07, 6.45) is 0. The maximum atomic E-state index is 12.1. The molecule has 1 aliphatic heterocycles. The average Bonchev–Trinajstić information content (AvgIpc) is 2.75. The van der Waals surface area contributed by atoms with Crippen LogP contribution in [0.5, 0.6) is 0 Å². The molecule has 0 spiro atoms. The third-order valence-electron chi connectivity index (χ3n) is 3.46. The van der Waals surface area contributed by atoms with E-state index in [1.807, 2.05) is 30.3 Å². The summed E-state index contributed by atoms with van der Waals surface area (Å²) in [5, 5.41) is 5.33. The quantitative estimate of drug-likeness (QED) is 0.912. The molecule has 3 rings (SSSR count). The molecule has 0 radical (unpaired) electrons. The second-order valence-electron chi connectivity index (χ2n) is 4.93. The Kier molecular flexibility index (Phi) is 3.13. The number of benzene rings is 1. The van der Waals surface area contributed by atoms with Gasteiger partial charge in [-0.05, 0) is 13.8 Å². The van der Waals surface area contributed by atoms with Crippen molar-refractivity contribution in [1.29, 1.82) is 0 Å². The second-order valence-corrected chi connectivity index (χ2v) is 4.93. The van der Waals surface area contributed by atoms with E-state index in [-0.39, 0.29) is 23.3 Å². The molecular formula is C15H14N4O2. The molecule has 0 saturated carbocycles. The Balaban J connectivity index is 2.08. The molecule has 2 aromatic rings. The summed E-state index contributed by atoms with van der Waals surface area (Å²) in [7, 11) is 0. The smallest absolute Gasteiger partial charge is 0.258 e. The zero-order chi connectivity index (χ0) is 15.0. The van der Waals surface area contributed by atoms with E-state index in [2.05, 4.69) is 15.1 Å². The van der Waals surface area contributed by atoms with Crippen LogP contribution in [-0.4, -0.2) is 21.6 Å². The fraction of sp³-hybridized carbons (Fsp3) is 0.200. The first-order chi connectivity index (χ1) is 10.1. The maximum absolute atomic E-state index is 12.1. The largest absolute Gasteiger partial charge is 0.291 e. The monoisotopic (exact) mass is 282 g/mol. The van der Waals surface area contributed by atoms with Crippen LogP contribution < -0.4 is 10.6 Å². The summed E-state index contributed by atoms with van der Waals surface area (Å²) in [4.78, 5) is 30.9. The lowest BCUT2D eigenvalue weighted by Gasteiger charge is -2.12. The number of amides is 1. The summed E-state index contributed by atoms with van der Waals surface area (Å²) in [6.45, 7) is 3.56. The molecule has 1 aliphatic rings. The Morgan fingerprint density at radius 1 is 1.19 bits per heavy atom. The Hall–Kier alpha value is -2.76. The number of rotatable bonds is 2. The van der Waals surface area contributed by atoms with Crippen LogP contribution in [-0.2, 0) is 4.79 Å². The van der Waals surface area contributed by atoms with Crippen molar-refractivity contribution >= 4 is 17.6 Å². The van der Waals surface area contributed by atoms with Crippen molar-refractivity contribution in [2.75, 3.05) is 5.01 Å². The number of anilines is 1. The SMILES string of the molecule is CC1=NN(c2nc(-c3ccccc3)cc(=O)[nH]2)C(=O)[C@@H]1C. The fourth-order valence-electron chi connectivity index (χ4n) is 2.11. The second kappa shape index (κ2) is 4.97. The van der Waals surface area contributed by atoms with Gasteiger partial charge >= 0.3 is 0 Å². The highest BCUT2D eigenvalue weighted by Gasteiger charge is 2.32. The minimum atomic E-state index is -0.320. The van der Waals surface area contributed by atoms with Crippen molar-refractivity contribution in [2.45, 2.75) is 13.8 Å². The van der Waals surface area contributed by atoms with Gasteiger partial charge in [-0.3, -0.25) is 14.6 Å². The lowest BCUT2D eigenvalue weighted by Crippen LogP contribution is -2.28. The Bertz CT molecular complexity index is 780. The average molecular weight is 282 g/mol. The number of carbonyl (C=O) groups is 1. The van der Waals surface area contributed by atoms with Crippen molar-refractivity contribution in [2.24, 2.45) is 11.0 Å². The van der Waals surface area contributed by atoms with Crippen LogP contribution in [0.1, 0.15) is 13.8 Å². The maximum Gasteiger partial charge on any atom is 0.258 e. The zero-order valence-electron chi connectivity index (χ0n) is 11.7. The predicted octanol–water partition coefficient (Wildman–Crippen LogP) is 1.80. The minimum Gasteiger partial charge on any atom is -0.291 e. The molecule has 21 heavy (non-hydrogen) atoms. The molecule has 6 heteroatoms. The van der Waals surface area contributed by atoms with Gasteiger partial charge in [0.2, 0.25) is 5.95 Å². The van der Waals surface area contributed by atoms with Gasteiger partial charge < -0.3 is 0 Å². The predicted molar refractivity (Wildman–Crippen MR) is 80.1 cm³/mol. The molecule has 0 bridgehead atoms. The number of hydrazone groups is 1. The van der Waals surface area contributed by atoms with E-state index in [1.54, 1.807) is 13.8 Å². The summed E-state index contributed by atoms with van der Waals surface area (Å²) in [6, 6.07) is 10.7. The lowest BCUT2D eigenvalue weighted by atomic mass is 10.1. The Morgan fingerprint density at radius 2 is 1.90 bits per heavy atom. The molecular weight excluding hydrogens is 268 g/mol. The molecule has 1 atom stereocenters. The number of nitrogens with one attached hydrogen (secondary N) is 1. The number of aromatic nitrogens is 2. The van der Waals surface area contributed by atoms with Crippen LogP contribution in [0.15, 0.2) is 46.3 Å². The third-order valence-corrected chi connectivity index (χ3v) is 3.46. The molecule has 0 saturated heterocycles. The molecule has 0 fully saturated rings. The number of aromatic amines is 1. The van der Waals surface area contributed by atoms with Crippen molar-refractivity contribution in [3.63, 3.8) is 0 Å². The molecule has 6 nitrogen and oxygen atoms in total. The lowest BCUT2D eigenvalue weighted by molar-refractivity contribution is -0.119. The van der Waals surface area contributed by atoms with Crippen molar-refractivity contribution in [3.05, 3.63) is 46.8 Å². The first-order valence-corrected chi connectivity index (χ1v) is 6.62. The van der Waals surface area contributed by atoms with E-state index in [4.69, 9.17) is 0 Å². The summed E-state index contributed by atoms with van der Waals surface area (Å²) in [5.74, 6) is -0.341. The van der Waals surface area contributed by atoms with Gasteiger partial charge in [0, 0.05) is 17.3 Å². The van der Waals surface area contributed by atoms with Gasteiger partial charge in [-0.15, -0.1) is 0 Å². The topological polar surface area (TPSA) is 78.4 Å². The van der Waals surface area contributed by atoms with Gasteiger partial charge in [-0.2, -0.15) is 10.1 Å². The Morgan fingerprint density at radius 3 is 2.52 bits per heavy atom. The van der Waals surface area contributed by atoms with Gasteiger partial charge in [0.1, 0.15) is 0 Å². The molecule has 0 unspecified atom stereocenters. The number of H-pyrrole nitrogens is 1. The molecule has 1 aromatic heterocycles. The van der Waals surface area contributed by atoms with E-state index in [0.717, 1.165) is 10.6 Å². The highest BCUT2D eigenvalue weighted by atomic mass is 16.2. The van der Waals surface area contributed by atoms with E-state index in [0.29, 0.717) is 11.4 Å². The number of hydrogen-bond donors (Lipinski definition) is 1. The summed E-state index contributed by atoms with van der Waals surface area (Å²) < 4.78 is 0. The normalized spacial score (nSPS) is 18.0. The van der Waals surface area contributed by atoms with Crippen LogP contribution >= 0.6 is 0 Å². The number of hydrogen-bond acceptors (Lipinski definition) is 4. The molecule has 0 aliphatic carbocycles. The van der Waals surface area contributed by atoms with Crippen LogP contribution in [0.4, 0.5) is 5.95 Å². The molecule has 1 N–H and O–H groups in total. The van der Waals surface area contributed by atoms with Gasteiger partial charge in [-0.25, -0.2) is 4.98 Å². The zero-order valence-corrected chi connectivity index (χ0v) is 11.7. The highest BCUT2D eigenvalue weighted by molar-refractivity contribution is 6.13. The van der Waals surface area contributed by atoms with Crippen molar-refractivity contribution in [3.8, 4) is 11.3 Å². The van der Waals surface area contributed by atoms with Gasteiger partial charge in [0.15, 0.2) is 0 Å². The molecule has 1 amide bonds. The fourth-order valence-corrected chi connectivity index (χ4v) is 2.11. The molecule has 2 heterocycles. The molecule has 106 valence electrons. The first kappa shape index (κ1) is 13.2. The van der Waals surface area contributed by atoms with Crippen LogP contribution in [0.3, 0.4) is 0 Å². The standard InChI is InChI=1S/C15H14N4O2/c1-9-10(2)18-19(14(9)21)15-16-12(8-13(20)17-15)11-6-4-3-5-7-11/h3-9H,1-2H3,(H,16,17,20)/t9-/m1/s1. The van der Waals surface area contributed by atoms with E-state index < -0.39 is 0 Å². The van der Waals surface area contributed by atoms with E-state index >= 15 is 0 Å². The highest BCUT2D eigenvalue weighted by Crippen LogP contribution is 2.22. The van der Waals surface area contributed by atoms with Crippen LogP contribution in [0, 0.1) is 5.92 Å². The van der Waals surface area contributed by atoms with Crippen molar-refractivity contribution < 1.29 is 4.79 Å². The van der Waals surface area contributed by atoms with E-state index in [9.17, 15) is 9.59 Å². The Labute approximate surface area is 121 Å². The first-order valence-electron chi connectivity index (χ1n) is 6.62. The van der Waals surface area contributed by atoms with Gasteiger partial charge in [0.25, 0.3) is 11.5 Å².